The van der Waals surface area contributed by atoms with Crippen LogP contribution >= 0.6 is 0 Å². The van der Waals surface area contributed by atoms with E-state index in [0.717, 1.165) is 12.0 Å². The second-order valence-corrected chi connectivity index (χ2v) is 27.5. The molecule has 0 aromatic heterocycles. The van der Waals surface area contributed by atoms with E-state index in [4.69, 9.17) is 61.0 Å². The zero-order valence-electron chi connectivity index (χ0n) is 50.0. The first-order chi connectivity index (χ1) is 41.8. The van der Waals surface area contributed by atoms with E-state index < -0.39 is 232 Å². The van der Waals surface area contributed by atoms with Crippen molar-refractivity contribution in [3.8, 4) is 0 Å². The average Bonchev–Trinajstić information content (AvgIpc) is 1.71. The highest BCUT2D eigenvalue weighted by Gasteiger charge is 2.63. The number of Topliss-reactive ketones (excluding diaryl/α,β-unsaturated/α-hetero) is 1. The molecule has 0 aromatic carbocycles. The van der Waals surface area contributed by atoms with Crippen molar-refractivity contribution in [2.75, 3.05) is 19.8 Å². The van der Waals surface area contributed by atoms with Crippen LogP contribution in [0.15, 0.2) is 11.6 Å². The molecule has 32 nitrogen and oxygen atoms in total. The highest BCUT2D eigenvalue weighted by molar-refractivity contribution is 7.80. The molecule has 0 unspecified atom stereocenters. The number of carbonyl (C=O) groups is 1. The SMILES string of the molecule is CC(=O)[C@H]1CC[C@H]2[C@@H]3C[C@H](O[C@H]4O[C@H](C)[C@@H](O)[C@H](O[C@@H]5OC[C@@H](O[C@@H]6O[C@H](CO)[C@H](O)[C@H](O)[C@H]6O[C@H]6O[C@@H](C)[C@H](O)[C@H](O[C@@H]7O[C@H](CO)[C@H](O)[C@H](O)[C@H]7O)[C@H]6O)[C@H](O)[C@H]5O[C@H]5O[C@H](C)[C@@H](O)[C@H](O)[C@H]5O)[C@H]4O)[C@H]4C[C@@H](OS(=O)(=O)O)CC[C@]4(C)C3=CC[C@]12C. The van der Waals surface area contributed by atoms with E-state index in [1.165, 1.54) is 20.8 Å². The van der Waals surface area contributed by atoms with E-state index in [1.54, 1.807) is 6.92 Å². The third-order valence-corrected chi connectivity index (χ3v) is 21.5. The Morgan fingerprint density at radius 3 is 1.58 bits per heavy atom. The summed E-state index contributed by atoms with van der Waals surface area (Å²) in [6.07, 6.45) is -48.1. The summed E-state index contributed by atoms with van der Waals surface area (Å²) in [4.78, 5) is 13.1. The lowest BCUT2D eigenvalue weighted by Crippen LogP contribution is -2.67. The summed E-state index contributed by atoms with van der Waals surface area (Å²) in [6, 6.07) is 0. The van der Waals surface area contributed by atoms with E-state index in [2.05, 4.69) is 19.9 Å². The Labute approximate surface area is 512 Å². The topological polar surface area (TPSA) is 495 Å². The highest BCUT2D eigenvalue weighted by Crippen LogP contribution is 2.66. The van der Waals surface area contributed by atoms with E-state index >= 15 is 0 Å². The lowest BCUT2D eigenvalue weighted by molar-refractivity contribution is -0.402. The first-order valence-corrected chi connectivity index (χ1v) is 31.9. The summed E-state index contributed by atoms with van der Waals surface area (Å²) < 4.78 is 112. The molecule has 6 aliphatic heterocycles. The van der Waals surface area contributed by atoms with Gasteiger partial charge in [-0.05, 0) is 101 Å². The fourth-order valence-electron chi connectivity index (χ4n) is 15.8. The van der Waals surface area contributed by atoms with Crippen molar-refractivity contribution in [3.63, 3.8) is 0 Å². The lowest BCUT2D eigenvalue weighted by atomic mass is 9.48. The van der Waals surface area contributed by atoms with Crippen molar-refractivity contribution in [2.24, 2.45) is 34.5 Å². The van der Waals surface area contributed by atoms with Gasteiger partial charge in [0, 0.05) is 5.92 Å². The molecule has 37 atom stereocenters. The molecule has 4 aliphatic carbocycles. The minimum atomic E-state index is -4.88. The second kappa shape index (κ2) is 27.4. The van der Waals surface area contributed by atoms with Crippen molar-refractivity contribution in [3.05, 3.63) is 11.6 Å². The molecule has 89 heavy (non-hydrogen) atoms. The van der Waals surface area contributed by atoms with Gasteiger partial charge in [0.2, 0.25) is 0 Å². The number of aliphatic hydroxyl groups excluding tert-OH is 15. The quantitative estimate of drug-likeness (QED) is 0.0476. The van der Waals surface area contributed by atoms with Gasteiger partial charge in [0.25, 0.3) is 0 Å². The predicted octanol–water partition coefficient (Wildman–Crippen LogP) is -6.02. The van der Waals surface area contributed by atoms with Gasteiger partial charge in [-0.3, -0.25) is 9.35 Å². The molecule has 33 heteroatoms. The van der Waals surface area contributed by atoms with Gasteiger partial charge in [-0.25, -0.2) is 4.18 Å². The second-order valence-electron chi connectivity index (χ2n) is 26.4. The Balaban J connectivity index is 0.901. The van der Waals surface area contributed by atoms with Crippen LogP contribution in [0.5, 0.6) is 0 Å². The predicted molar refractivity (Wildman–Crippen MR) is 289 cm³/mol. The summed E-state index contributed by atoms with van der Waals surface area (Å²) >= 11 is 0. The maximum Gasteiger partial charge on any atom is 0.397 e. The fourth-order valence-corrected chi connectivity index (χ4v) is 16.4. The lowest BCUT2D eigenvalue weighted by Gasteiger charge is -2.59. The Morgan fingerprint density at radius 1 is 0.528 bits per heavy atom. The molecule has 10 aliphatic rings. The van der Waals surface area contributed by atoms with Crippen LogP contribution in [0.2, 0.25) is 0 Å². The Morgan fingerprint density at radius 2 is 1.01 bits per heavy atom. The zero-order valence-corrected chi connectivity index (χ0v) is 50.8. The smallest absolute Gasteiger partial charge is 0.394 e. The van der Waals surface area contributed by atoms with Crippen LogP contribution in [0.1, 0.15) is 86.5 Å². The first kappa shape index (κ1) is 70.0. The monoisotopic (exact) mass is 1310 g/mol. The van der Waals surface area contributed by atoms with Gasteiger partial charge < -0.3 is 133 Å². The Bertz CT molecular complexity index is 2550. The molecular weight excluding hydrogens is 1220 g/mol. The van der Waals surface area contributed by atoms with Crippen LogP contribution in [0.3, 0.4) is 0 Å². The van der Waals surface area contributed by atoms with Gasteiger partial charge >= 0.3 is 10.4 Å². The van der Waals surface area contributed by atoms with Gasteiger partial charge in [0.1, 0.15) is 128 Å². The molecular formula is C56H90O32S. The first-order valence-electron chi connectivity index (χ1n) is 30.6. The molecule has 0 aromatic rings. The van der Waals surface area contributed by atoms with E-state index in [9.17, 15) is 94.4 Å². The summed E-state index contributed by atoms with van der Waals surface area (Å²) in [5.41, 5.74) is 0.164. The number of aliphatic hydroxyl groups is 15. The Kier molecular flexibility index (Phi) is 21.5. The molecule has 6 saturated heterocycles. The van der Waals surface area contributed by atoms with Crippen LogP contribution in [0.4, 0.5) is 0 Å². The third kappa shape index (κ3) is 13.4. The standard InChI is InChI=1S/C56H90O32S/c1-18(59)24-7-8-25-23-14-28(27-13-22(88-89(73,74)75)9-11-56(27,6)26(23)10-12-55(24,25)5)80-51-43(71)46(34(62)20(3)78-51)85-53-47(86-49-41(69)38(66)32(60)19(2)77-49)37(65)31(17-76-53)83-54-48(40(68)36(64)30(16-58)82-54)87-52-44(72)45(33(61)21(4)79-52)84-50-42(70)39(67)35(63)29(15-57)81-50/h10,19-25,27-54,57-58,60-72H,7-9,11-17H2,1-6H3,(H,73,74,75)/t19-,20-,21+,22+,23+,24-,25+,27-,28+,29-,30-,31-,32-,33+,34-,35+,36+,37+,38+,39+,40+,41-,42-,43-,44-,45+,46+,47-,48-,49-,50+,51-,52-,53+,54+,55-,56-/m1/s1. The van der Waals surface area contributed by atoms with Crippen LogP contribution in [-0.4, -0.2) is 306 Å². The zero-order chi connectivity index (χ0) is 64.8. The number of hydrogen-bond donors (Lipinski definition) is 16. The van der Waals surface area contributed by atoms with Gasteiger partial charge in [0.05, 0.1) is 50.3 Å². The van der Waals surface area contributed by atoms with Crippen LogP contribution in [0.25, 0.3) is 0 Å². The maximum absolute atomic E-state index is 13.1. The van der Waals surface area contributed by atoms with Crippen molar-refractivity contribution in [1.82, 2.24) is 0 Å². The van der Waals surface area contributed by atoms with Crippen LogP contribution in [0, 0.1) is 34.5 Å². The summed E-state index contributed by atoms with van der Waals surface area (Å²) in [5.74, 6) is -0.640. The average molecular weight is 1310 g/mol. The summed E-state index contributed by atoms with van der Waals surface area (Å²) in [5, 5.41) is 166. The summed E-state index contributed by atoms with van der Waals surface area (Å²) in [7, 11) is -4.88. The Hall–Kier alpha value is -1.80. The minimum Gasteiger partial charge on any atom is -0.394 e. The van der Waals surface area contributed by atoms with Gasteiger partial charge in [-0.2, -0.15) is 8.42 Å². The number of ketones is 1. The number of hydrogen-bond acceptors (Lipinski definition) is 31. The molecule has 0 bridgehead atoms. The van der Waals surface area contributed by atoms with E-state index in [1.807, 2.05) is 0 Å². The van der Waals surface area contributed by atoms with Gasteiger partial charge in [0.15, 0.2) is 37.7 Å². The molecule has 512 valence electrons. The number of allylic oxidation sites excluding steroid dienone is 2. The van der Waals surface area contributed by atoms with Crippen LogP contribution in [-0.2, 0) is 76.2 Å². The normalized spacial score (nSPS) is 53.9. The molecule has 3 saturated carbocycles. The molecule has 6 heterocycles. The maximum atomic E-state index is 13.1. The number of ether oxygens (including phenoxy) is 12. The molecule has 0 radical (unpaired) electrons. The van der Waals surface area contributed by atoms with Crippen molar-refractivity contribution >= 4 is 16.2 Å². The molecule has 16 N–H and O–H groups in total. The summed E-state index contributed by atoms with van der Waals surface area (Å²) in [6.45, 7) is 7.42. The third-order valence-electron chi connectivity index (χ3n) is 21.0. The molecule has 0 spiro atoms. The van der Waals surface area contributed by atoms with Gasteiger partial charge in [-0.1, -0.05) is 25.5 Å². The fraction of sp³-hybridized carbons (Fsp3) is 0.946. The van der Waals surface area contributed by atoms with Gasteiger partial charge in [-0.15, -0.1) is 0 Å². The number of fused-ring (bicyclic) bond motifs is 5. The highest BCUT2D eigenvalue weighted by atomic mass is 32.3. The molecule has 0 amide bonds. The van der Waals surface area contributed by atoms with Crippen molar-refractivity contribution in [1.29, 1.82) is 0 Å². The minimum absolute atomic E-state index is 0.0527. The van der Waals surface area contributed by atoms with E-state index in [-0.39, 0.29) is 41.8 Å². The molecule has 10 rings (SSSR count). The van der Waals surface area contributed by atoms with Crippen LogP contribution < -0.4 is 0 Å². The van der Waals surface area contributed by atoms with E-state index in [0.29, 0.717) is 25.7 Å². The van der Waals surface area contributed by atoms with Crippen molar-refractivity contribution in [2.45, 2.75) is 277 Å². The molecule has 9 fully saturated rings. The largest absolute Gasteiger partial charge is 0.397 e. The van der Waals surface area contributed by atoms with Crippen molar-refractivity contribution < 1.29 is 155 Å². The number of rotatable bonds is 17. The number of carbonyl (C=O) groups excluding carboxylic acids is 1.